The number of aromatic hydroxyl groups is 1. The van der Waals surface area contributed by atoms with Gasteiger partial charge < -0.3 is 5.11 Å². The molecule has 2 N–H and O–H groups in total. The summed E-state index contributed by atoms with van der Waals surface area (Å²) in [5.74, 6) is -0.00463. The van der Waals surface area contributed by atoms with Crippen molar-refractivity contribution < 1.29 is 10.3 Å². The van der Waals surface area contributed by atoms with Gasteiger partial charge in [-0.25, -0.2) is 0 Å². The molecule has 0 aliphatic carbocycles. The third-order valence-electron chi connectivity index (χ3n) is 1.26. The number of aryl methyl sites for hydroxylation is 1. The van der Waals surface area contributed by atoms with Gasteiger partial charge in [-0.15, -0.1) is 0 Å². The van der Waals surface area contributed by atoms with Crippen LogP contribution in [0.1, 0.15) is 5.56 Å². The monoisotopic (exact) mass is 138 g/mol. The molecule has 10 heavy (non-hydrogen) atoms. The summed E-state index contributed by atoms with van der Waals surface area (Å²) in [5, 5.41) is 10.7. The molecule has 0 saturated heterocycles. The summed E-state index contributed by atoms with van der Waals surface area (Å²) in [5.41, 5.74) is 1.14. The van der Waals surface area contributed by atoms with Gasteiger partial charge in [-0.05, 0) is 18.6 Å². The fraction of sp³-hybridized carbons (Fsp3) is 0.143. The molecule has 0 atom stereocenters. The molecule has 0 heterocycles. The molecule has 1 aromatic rings. The molecule has 0 unspecified atom stereocenters. The summed E-state index contributed by atoms with van der Waals surface area (Å²) in [4.78, 5) is 10.1. The molecule has 52 valence electrons. The maximum atomic E-state index is 10.1. The van der Waals surface area contributed by atoms with Gasteiger partial charge in [0.1, 0.15) is 0 Å². The van der Waals surface area contributed by atoms with Gasteiger partial charge in [0.2, 0.25) is 0 Å². The number of nitrogens with one attached hydrogen (secondary N) is 1. The number of phenolic OH excluding ortho intramolecular Hbond substituents is 1. The number of hydrogen-bond acceptors (Lipinski definition) is 2. The average molecular weight is 138 g/mol. The molecule has 3 nitrogen and oxygen atoms in total. The molecule has 0 saturated carbocycles. The van der Waals surface area contributed by atoms with E-state index in [9.17, 15) is 4.91 Å². The van der Waals surface area contributed by atoms with Crippen LogP contribution in [0.2, 0.25) is 0 Å². The van der Waals surface area contributed by atoms with E-state index >= 15 is 0 Å². The first kappa shape index (κ1) is 6.74. The molecule has 3 heteroatoms. The average Bonchev–Trinajstić information content (AvgIpc) is 1.88. The lowest BCUT2D eigenvalue weighted by atomic mass is 10.2. The van der Waals surface area contributed by atoms with Crippen molar-refractivity contribution in [2.45, 2.75) is 6.92 Å². The quantitative estimate of drug-likeness (QED) is 0.544. The largest absolute Gasteiger partial charge is 0.502 e. The van der Waals surface area contributed by atoms with Crippen LogP contribution in [0, 0.1) is 11.8 Å². The molecule has 0 aliphatic heterocycles. The minimum Gasteiger partial charge on any atom is -0.502 e. The minimum absolute atomic E-state index is 0.00463. The van der Waals surface area contributed by atoms with Crippen molar-refractivity contribution in [2.75, 3.05) is 0 Å². The second kappa shape index (κ2) is 2.47. The summed E-state index contributed by atoms with van der Waals surface area (Å²) in [7, 11) is 0. The summed E-state index contributed by atoms with van der Waals surface area (Å²) in [6, 6.07) is 4.82. The fourth-order valence-electron chi connectivity index (χ4n) is 0.728. The molecule has 1 rings (SSSR count). The van der Waals surface area contributed by atoms with E-state index in [1.54, 1.807) is 11.2 Å². The van der Waals surface area contributed by atoms with E-state index in [0.717, 1.165) is 5.56 Å². The van der Waals surface area contributed by atoms with E-state index in [-0.39, 0.29) is 11.4 Å². The number of benzene rings is 1. The fourth-order valence-corrected chi connectivity index (χ4v) is 0.728. The normalized spacial score (nSPS) is 9.30. The van der Waals surface area contributed by atoms with Gasteiger partial charge in [0.15, 0.2) is 5.75 Å². The van der Waals surface area contributed by atoms with Crippen LogP contribution in [0.5, 0.6) is 5.75 Å². The van der Waals surface area contributed by atoms with Gasteiger partial charge in [-0.1, -0.05) is 6.07 Å². The van der Waals surface area contributed by atoms with Crippen LogP contribution >= 0.6 is 0 Å². The summed E-state index contributed by atoms with van der Waals surface area (Å²) in [6.07, 6.45) is 0. The van der Waals surface area contributed by atoms with Crippen LogP contribution in [0.25, 0.3) is 0 Å². The molecule has 1 aromatic carbocycles. The zero-order valence-electron chi connectivity index (χ0n) is 5.59. The van der Waals surface area contributed by atoms with Crippen molar-refractivity contribution >= 4 is 5.69 Å². The van der Waals surface area contributed by atoms with Crippen LogP contribution in [0.3, 0.4) is 0 Å². The number of hydrogen-bond donors (Lipinski definition) is 2. The van der Waals surface area contributed by atoms with Crippen LogP contribution in [-0.2, 0) is 0 Å². The third kappa shape index (κ3) is 1.13. The maximum Gasteiger partial charge on any atom is 0.294 e. The van der Waals surface area contributed by atoms with Gasteiger partial charge in [-0.2, -0.15) is 0 Å². The molecule has 0 spiro atoms. The first-order valence-corrected chi connectivity index (χ1v) is 2.92. The van der Waals surface area contributed by atoms with Crippen molar-refractivity contribution in [3.63, 3.8) is 0 Å². The lowest BCUT2D eigenvalue weighted by Gasteiger charge is -1.90. The first-order chi connectivity index (χ1) is 4.74. The SMILES string of the molecule is Cc1ccc([NH+]=O)c(O)c1. The lowest BCUT2D eigenvalue weighted by Crippen LogP contribution is -2.55. The predicted octanol–water partition coefficient (Wildman–Crippen LogP) is 0.179. The Morgan fingerprint density at radius 1 is 1.50 bits per heavy atom. The highest BCUT2D eigenvalue weighted by Crippen LogP contribution is 2.18. The first-order valence-electron chi connectivity index (χ1n) is 2.92. The standard InChI is InChI=1S/C7H7NO2/c1-5-2-3-6(8-10)7(9)4-5/h2-4,9H,1H3/p+1. The summed E-state index contributed by atoms with van der Waals surface area (Å²) < 4.78 is 0. The van der Waals surface area contributed by atoms with E-state index < -0.39 is 0 Å². The molecule has 0 radical (unpaired) electrons. The second-order valence-electron chi connectivity index (χ2n) is 2.12. The number of nitroso groups, excluding NO2 is 1. The Kier molecular flexibility index (Phi) is 1.67. The second-order valence-corrected chi connectivity index (χ2v) is 2.12. The zero-order valence-corrected chi connectivity index (χ0v) is 5.59. The van der Waals surface area contributed by atoms with Gasteiger partial charge in [0, 0.05) is 16.2 Å². The molecular weight excluding hydrogens is 130 g/mol. The van der Waals surface area contributed by atoms with Gasteiger partial charge >= 0.3 is 0 Å². The highest BCUT2D eigenvalue weighted by Gasteiger charge is 2.04. The number of rotatable bonds is 1. The van der Waals surface area contributed by atoms with E-state index in [1.807, 2.05) is 6.92 Å². The zero-order chi connectivity index (χ0) is 7.56. The Morgan fingerprint density at radius 3 is 2.70 bits per heavy atom. The van der Waals surface area contributed by atoms with Crippen molar-refractivity contribution in [3.05, 3.63) is 28.7 Å². The highest BCUT2D eigenvalue weighted by atomic mass is 16.3. The smallest absolute Gasteiger partial charge is 0.294 e. The molecule has 0 aliphatic rings. The Balaban J connectivity index is 3.19. The predicted molar refractivity (Wildman–Crippen MR) is 36.8 cm³/mol. The van der Waals surface area contributed by atoms with Gasteiger partial charge in [0.25, 0.3) is 5.69 Å². The third-order valence-corrected chi connectivity index (χ3v) is 1.26. The van der Waals surface area contributed by atoms with Crippen molar-refractivity contribution in [1.82, 2.24) is 0 Å². The highest BCUT2D eigenvalue weighted by molar-refractivity contribution is 5.45. The Bertz CT molecular complexity index is 258. The molecule has 0 bridgehead atoms. The topological polar surface area (TPSA) is 51.3 Å². The van der Waals surface area contributed by atoms with Crippen LogP contribution in [0.4, 0.5) is 5.69 Å². The molecule has 0 amide bonds. The molecular formula is C7H8NO2+. The lowest BCUT2D eigenvalue weighted by molar-refractivity contribution is -0.380. The van der Waals surface area contributed by atoms with Crippen LogP contribution in [-0.4, -0.2) is 5.11 Å². The van der Waals surface area contributed by atoms with Crippen molar-refractivity contribution in [1.29, 1.82) is 0 Å². The molecule has 0 aromatic heterocycles. The van der Waals surface area contributed by atoms with Crippen molar-refractivity contribution in [2.24, 2.45) is 0 Å². The van der Waals surface area contributed by atoms with Crippen molar-refractivity contribution in [3.8, 4) is 5.75 Å². The number of phenols is 1. The van der Waals surface area contributed by atoms with Crippen LogP contribution < -0.4 is 5.18 Å². The van der Waals surface area contributed by atoms with E-state index in [1.165, 1.54) is 12.1 Å². The molecule has 0 fully saturated rings. The van der Waals surface area contributed by atoms with E-state index in [4.69, 9.17) is 5.11 Å². The van der Waals surface area contributed by atoms with E-state index in [0.29, 0.717) is 0 Å². The van der Waals surface area contributed by atoms with Gasteiger partial charge in [-0.3, -0.25) is 0 Å². The Hall–Kier alpha value is -1.38. The minimum atomic E-state index is -0.00463. The Labute approximate surface area is 58.3 Å². The summed E-state index contributed by atoms with van der Waals surface area (Å²) >= 11 is 0. The maximum absolute atomic E-state index is 10.1. The van der Waals surface area contributed by atoms with E-state index in [2.05, 4.69) is 0 Å². The van der Waals surface area contributed by atoms with Crippen LogP contribution in [0.15, 0.2) is 18.2 Å². The Morgan fingerprint density at radius 2 is 2.20 bits per heavy atom. The van der Waals surface area contributed by atoms with Gasteiger partial charge in [0.05, 0.1) is 0 Å². The summed E-state index contributed by atoms with van der Waals surface area (Å²) in [6.45, 7) is 1.84.